The first kappa shape index (κ1) is 13.5. The van der Waals surface area contributed by atoms with Crippen molar-refractivity contribution < 1.29 is 0 Å². The van der Waals surface area contributed by atoms with Crippen molar-refractivity contribution in [3.63, 3.8) is 0 Å². The van der Waals surface area contributed by atoms with Gasteiger partial charge in [-0.25, -0.2) is 9.67 Å². The van der Waals surface area contributed by atoms with Crippen LogP contribution in [-0.4, -0.2) is 20.6 Å². The lowest BCUT2D eigenvalue weighted by molar-refractivity contribution is 0.797. The summed E-state index contributed by atoms with van der Waals surface area (Å²) < 4.78 is 1.65. The van der Waals surface area contributed by atoms with Gasteiger partial charge in [-0.1, -0.05) is 11.6 Å². The molecule has 5 nitrogen and oxygen atoms in total. The number of hydrogen-bond donors (Lipinski definition) is 2. The number of nitrogens with one attached hydrogen (secondary N) is 1. The SMILES string of the molecule is Cc1cc(C)c(C(=N)N)c(-n2nc(C)c(Cl)c2C)n1. The van der Waals surface area contributed by atoms with E-state index in [0.717, 1.165) is 22.6 Å². The van der Waals surface area contributed by atoms with Crippen molar-refractivity contribution in [1.82, 2.24) is 14.8 Å². The molecule has 0 aliphatic carbocycles. The summed E-state index contributed by atoms with van der Waals surface area (Å²) in [6.45, 7) is 7.50. The molecule has 2 aromatic heterocycles. The molecule has 0 atom stereocenters. The zero-order valence-corrected chi connectivity index (χ0v) is 12.1. The van der Waals surface area contributed by atoms with Crippen LogP contribution in [-0.2, 0) is 0 Å². The second-order valence-corrected chi connectivity index (χ2v) is 4.97. The van der Waals surface area contributed by atoms with Crippen molar-refractivity contribution in [2.45, 2.75) is 27.7 Å². The molecule has 0 bridgehead atoms. The summed E-state index contributed by atoms with van der Waals surface area (Å²) in [6, 6.07) is 1.90. The average molecular weight is 278 g/mol. The quantitative estimate of drug-likeness (QED) is 0.653. The Bertz CT molecular complexity index is 672. The second-order valence-electron chi connectivity index (χ2n) is 4.59. The van der Waals surface area contributed by atoms with Crippen LogP contribution in [0.5, 0.6) is 0 Å². The molecule has 0 saturated heterocycles. The lowest BCUT2D eigenvalue weighted by Gasteiger charge is -2.13. The van der Waals surface area contributed by atoms with Gasteiger partial charge in [0.2, 0.25) is 0 Å². The molecule has 0 unspecified atom stereocenters. The Morgan fingerprint density at radius 3 is 2.42 bits per heavy atom. The van der Waals surface area contributed by atoms with E-state index >= 15 is 0 Å². The molecule has 0 aliphatic rings. The van der Waals surface area contributed by atoms with Gasteiger partial charge in [0.15, 0.2) is 5.82 Å². The summed E-state index contributed by atoms with van der Waals surface area (Å²) >= 11 is 6.16. The molecule has 2 rings (SSSR count). The van der Waals surface area contributed by atoms with E-state index in [0.29, 0.717) is 16.4 Å². The van der Waals surface area contributed by atoms with Crippen molar-refractivity contribution in [2.24, 2.45) is 5.73 Å². The summed E-state index contributed by atoms with van der Waals surface area (Å²) in [5.41, 5.74) is 9.53. The highest BCUT2D eigenvalue weighted by Gasteiger charge is 2.18. The Balaban J connectivity index is 2.81. The Kier molecular flexibility index (Phi) is 3.32. The van der Waals surface area contributed by atoms with Crippen molar-refractivity contribution in [3.8, 4) is 5.82 Å². The third kappa shape index (κ3) is 2.21. The highest BCUT2D eigenvalue weighted by molar-refractivity contribution is 6.31. The first-order valence-electron chi connectivity index (χ1n) is 5.87. The van der Waals surface area contributed by atoms with E-state index in [1.165, 1.54) is 0 Å². The summed E-state index contributed by atoms with van der Waals surface area (Å²) in [6.07, 6.45) is 0. The molecule has 0 aliphatic heterocycles. The van der Waals surface area contributed by atoms with Gasteiger partial charge in [0.1, 0.15) is 5.84 Å². The molecule has 0 fully saturated rings. The summed E-state index contributed by atoms with van der Waals surface area (Å²) in [5.74, 6) is 0.529. The molecule has 0 amide bonds. The predicted octanol–water partition coefficient (Wildman–Crippen LogP) is 2.44. The zero-order chi connectivity index (χ0) is 14.3. The number of pyridine rings is 1. The number of halogens is 1. The van der Waals surface area contributed by atoms with Gasteiger partial charge >= 0.3 is 0 Å². The average Bonchev–Trinajstić information content (AvgIpc) is 2.55. The van der Waals surface area contributed by atoms with Crippen molar-refractivity contribution >= 4 is 17.4 Å². The largest absolute Gasteiger partial charge is 0.384 e. The number of aromatic nitrogens is 3. The fourth-order valence-corrected chi connectivity index (χ4v) is 2.25. The number of nitrogen functional groups attached to an aromatic ring is 1. The molecule has 100 valence electrons. The van der Waals surface area contributed by atoms with Crippen LogP contribution < -0.4 is 5.73 Å². The summed E-state index contributed by atoms with van der Waals surface area (Å²) in [4.78, 5) is 4.46. The normalized spacial score (nSPS) is 10.8. The van der Waals surface area contributed by atoms with Crippen LogP contribution in [0.1, 0.15) is 28.2 Å². The van der Waals surface area contributed by atoms with Crippen molar-refractivity contribution in [3.05, 3.63) is 39.3 Å². The molecule has 0 aromatic carbocycles. The molecule has 0 spiro atoms. The van der Waals surface area contributed by atoms with E-state index in [-0.39, 0.29) is 5.84 Å². The van der Waals surface area contributed by atoms with Gasteiger partial charge in [0.25, 0.3) is 0 Å². The predicted molar refractivity (Wildman–Crippen MR) is 76.3 cm³/mol. The Labute approximate surface area is 116 Å². The van der Waals surface area contributed by atoms with Gasteiger partial charge in [0, 0.05) is 5.69 Å². The molecule has 3 N–H and O–H groups in total. The number of aryl methyl sites for hydroxylation is 3. The van der Waals surface area contributed by atoms with Gasteiger partial charge in [0.05, 0.1) is 22.0 Å². The number of nitrogens with zero attached hydrogens (tertiary/aromatic N) is 3. The number of hydrogen-bond acceptors (Lipinski definition) is 3. The van der Waals surface area contributed by atoms with E-state index in [4.69, 9.17) is 22.7 Å². The Hall–Kier alpha value is -1.88. The summed E-state index contributed by atoms with van der Waals surface area (Å²) in [5, 5.41) is 12.7. The maximum Gasteiger partial charge on any atom is 0.165 e. The summed E-state index contributed by atoms with van der Waals surface area (Å²) in [7, 11) is 0. The zero-order valence-electron chi connectivity index (χ0n) is 11.4. The van der Waals surface area contributed by atoms with Crippen LogP contribution in [0.15, 0.2) is 6.07 Å². The maximum atomic E-state index is 7.73. The molecule has 19 heavy (non-hydrogen) atoms. The minimum atomic E-state index is -0.0244. The molecule has 6 heteroatoms. The van der Waals surface area contributed by atoms with E-state index in [9.17, 15) is 0 Å². The molecule has 2 heterocycles. The van der Waals surface area contributed by atoms with Gasteiger partial charge in [-0.05, 0) is 39.3 Å². The van der Waals surface area contributed by atoms with Gasteiger partial charge < -0.3 is 5.73 Å². The van der Waals surface area contributed by atoms with E-state index in [1.807, 2.05) is 33.8 Å². The number of amidine groups is 1. The Morgan fingerprint density at radius 1 is 1.32 bits per heavy atom. The monoisotopic (exact) mass is 277 g/mol. The lowest BCUT2D eigenvalue weighted by Crippen LogP contribution is -2.19. The first-order chi connectivity index (χ1) is 8.82. The van der Waals surface area contributed by atoms with Crippen LogP contribution in [0.2, 0.25) is 5.02 Å². The van der Waals surface area contributed by atoms with E-state index in [1.54, 1.807) is 4.68 Å². The van der Waals surface area contributed by atoms with Gasteiger partial charge in [-0.15, -0.1) is 0 Å². The lowest BCUT2D eigenvalue weighted by atomic mass is 10.1. The number of rotatable bonds is 2. The molecule has 0 radical (unpaired) electrons. The van der Waals surface area contributed by atoms with Gasteiger partial charge in [-0.3, -0.25) is 5.41 Å². The third-order valence-corrected chi connectivity index (χ3v) is 3.55. The Morgan fingerprint density at radius 2 is 1.95 bits per heavy atom. The minimum Gasteiger partial charge on any atom is -0.384 e. The number of nitrogens with two attached hydrogens (primary N) is 1. The highest BCUT2D eigenvalue weighted by atomic mass is 35.5. The topological polar surface area (TPSA) is 80.6 Å². The maximum absolute atomic E-state index is 7.73. The van der Waals surface area contributed by atoms with Crippen LogP contribution in [0.25, 0.3) is 5.82 Å². The fourth-order valence-electron chi connectivity index (χ4n) is 2.13. The molecule has 0 saturated carbocycles. The van der Waals surface area contributed by atoms with E-state index in [2.05, 4.69) is 10.1 Å². The van der Waals surface area contributed by atoms with Crippen LogP contribution in [0, 0.1) is 33.1 Å². The standard InChI is InChI=1S/C13H16ClN5/c1-6-5-7(2)17-13(10(6)12(15)16)19-9(4)11(14)8(3)18-19/h5H,1-4H3,(H3,15,16). The van der Waals surface area contributed by atoms with Crippen LogP contribution in [0.3, 0.4) is 0 Å². The van der Waals surface area contributed by atoms with E-state index < -0.39 is 0 Å². The minimum absolute atomic E-state index is 0.0244. The molecular weight excluding hydrogens is 262 g/mol. The van der Waals surface area contributed by atoms with Gasteiger partial charge in [-0.2, -0.15) is 5.10 Å². The molecular formula is C13H16ClN5. The third-order valence-electron chi connectivity index (χ3n) is 3.00. The smallest absolute Gasteiger partial charge is 0.165 e. The van der Waals surface area contributed by atoms with Crippen molar-refractivity contribution in [1.29, 1.82) is 5.41 Å². The van der Waals surface area contributed by atoms with Crippen molar-refractivity contribution in [2.75, 3.05) is 0 Å². The highest BCUT2D eigenvalue weighted by Crippen LogP contribution is 2.24. The van der Waals surface area contributed by atoms with Crippen LogP contribution >= 0.6 is 11.6 Å². The van der Waals surface area contributed by atoms with Crippen LogP contribution in [0.4, 0.5) is 0 Å². The first-order valence-corrected chi connectivity index (χ1v) is 6.25. The molecule has 2 aromatic rings. The second kappa shape index (κ2) is 4.66. The fraction of sp³-hybridized carbons (Fsp3) is 0.308.